The number of thiazole rings is 1. The third kappa shape index (κ3) is 2.97. The second-order valence-corrected chi connectivity index (χ2v) is 8.61. The van der Waals surface area contributed by atoms with Crippen molar-refractivity contribution in [3.8, 4) is 16.3 Å². The Hall–Kier alpha value is -2.44. The highest BCUT2D eigenvalue weighted by Crippen LogP contribution is 2.38. The van der Waals surface area contributed by atoms with Gasteiger partial charge in [0.1, 0.15) is 22.1 Å². The molecule has 28 heavy (non-hydrogen) atoms. The molecule has 144 valence electrons. The normalized spacial score (nSPS) is 11.7. The van der Waals surface area contributed by atoms with E-state index in [1.54, 1.807) is 24.8 Å². The zero-order valence-corrected chi connectivity index (χ0v) is 17.9. The van der Waals surface area contributed by atoms with Crippen LogP contribution in [-0.2, 0) is 7.05 Å². The van der Waals surface area contributed by atoms with Crippen LogP contribution >= 0.6 is 22.9 Å². The molecule has 0 saturated carbocycles. The maximum Gasteiger partial charge on any atom is 0.261 e. The van der Waals surface area contributed by atoms with Crippen LogP contribution in [0.5, 0.6) is 5.75 Å². The molecule has 0 saturated heterocycles. The number of rotatable bonds is 3. The topological polar surface area (TPSA) is 57.0 Å². The lowest BCUT2D eigenvalue weighted by molar-refractivity contribution is 0.415. The van der Waals surface area contributed by atoms with Crippen LogP contribution in [-0.4, -0.2) is 21.6 Å². The van der Waals surface area contributed by atoms with Gasteiger partial charge < -0.3 is 4.74 Å². The highest BCUT2D eigenvalue weighted by molar-refractivity contribution is 7.21. The van der Waals surface area contributed by atoms with E-state index in [0.717, 1.165) is 32.2 Å². The first-order valence-electron chi connectivity index (χ1n) is 8.96. The smallest absolute Gasteiger partial charge is 0.261 e. The van der Waals surface area contributed by atoms with Gasteiger partial charge in [0.05, 0.1) is 27.7 Å². The molecule has 0 bridgehead atoms. The number of aromatic nitrogens is 3. The van der Waals surface area contributed by atoms with Gasteiger partial charge >= 0.3 is 0 Å². The van der Waals surface area contributed by atoms with E-state index in [-0.39, 0.29) is 11.5 Å². The van der Waals surface area contributed by atoms with Crippen molar-refractivity contribution < 1.29 is 4.74 Å². The number of nitrogens with zero attached hydrogens (tertiary/aromatic N) is 3. The van der Waals surface area contributed by atoms with Gasteiger partial charge in [-0.3, -0.25) is 9.36 Å². The number of aryl methyl sites for hydroxylation is 1. The standard InChI is InChI=1S/C21H20ClN3O2S/c1-10(2)19-23-17-13(6-11(3)7-14(17)21(26)25(19)4)20-24-18-15(22)8-12(27-5)9-16(18)28-20/h6-10H,1-5H3. The summed E-state index contributed by atoms with van der Waals surface area (Å²) in [4.78, 5) is 22.6. The van der Waals surface area contributed by atoms with E-state index in [4.69, 9.17) is 26.3 Å². The minimum absolute atomic E-state index is 0.0422. The van der Waals surface area contributed by atoms with Gasteiger partial charge in [0, 0.05) is 24.6 Å². The molecule has 0 spiro atoms. The molecule has 2 heterocycles. The number of methoxy groups -OCH3 is 1. The third-order valence-corrected chi connectivity index (χ3v) is 6.09. The summed E-state index contributed by atoms with van der Waals surface area (Å²) in [6.45, 7) is 6.04. The van der Waals surface area contributed by atoms with Crippen LogP contribution in [0.2, 0.25) is 5.02 Å². The van der Waals surface area contributed by atoms with Gasteiger partial charge in [0.15, 0.2) is 0 Å². The number of halogens is 1. The van der Waals surface area contributed by atoms with Gasteiger partial charge in [-0.2, -0.15) is 0 Å². The summed E-state index contributed by atoms with van der Waals surface area (Å²) in [6, 6.07) is 7.60. The Morgan fingerprint density at radius 2 is 1.89 bits per heavy atom. The Morgan fingerprint density at radius 3 is 2.57 bits per heavy atom. The summed E-state index contributed by atoms with van der Waals surface area (Å²) in [5.74, 6) is 1.57. The van der Waals surface area contributed by atoms with Crippen LogP contribution in [0.25, 0.3) is 31.7 Å². The van der Waals surface area contributed by atoms with Gasteiger partial charge in [-0.05, 0) is 30.7 Å². The summed E-state index contributed by atoms with van der Waals surface area (Å²) in [5.41, 5.74) is 3.21. The molecular formula is C21H20ClN3O2S. The van der Waals surface area contributed by atoms with Gasteiger partial charge in [-0.15, -0.1) is 11.3 Å². The van der Waals surface area contributed by atoms with E-state index in [0.29, 0.717) is 21.7 Å². The molecule has 2 aromatic heterocycles. The van der Waals surface area contributed by atoms with Crippen LogP contribution in [0.15, 0.2) is 29.1 Å². The van der Waals surface area contributed by atoms with Gasteiger partial charge in [0.25, 0.3) is 5.56 Å². The summed E-state index contributed by atoms with van der Waals surface area (Å²) >= 11 is 7.92. The minimum atomic E-state index is -0.0422. The number of hydrogen-bond donors (Lipinski definition) is 0. The molecule has 0 radical (unpaired) electrons. The summed E-state index contributed by atoms with van der Waals surface area (Å²) in [6.07, 6.45) is 0. The van der Waals surface area contributed by atoms with Crippen molar-refractivity contribution in [1.82, 2.24) is 14.5 Å². The number of hydrogen-bond acceptors (Lipinski definition) is 5. The molecule has 0 N–H and O–H groups in total. The van der Waals surface area contributed by atoms with Crippen molar-refractivity contribution in [2.75, 3.05) is 7.11 Å². The summed E-state index contributed by atoms with van der Waals surface area (Å²) < 4.78 is 7.88. The number of benzene rings is 2. The average Bonchev–Trinajstić information content (AvgIpc) is 3.08. The van der Waals surface area contributed by atoms with E-state index >= 15 is 0 Å². The molecule has 0 aliphatic rings. The fourth-order valence-electron chi connectivity index (χ4n) is 3.41. The molecule has 0 aliphatic heterocycles. The van der Waals surface area contributed by atoms with E-state index < -0.39 is 0 Å². The first-order chi connectivity index (χ1) is 13.3. The molecular weight excluding hydrogens is 394 g/mol. The van der Waals surface area contributed by atoms with Gasteiger partial charge in [-0.1, -0.05) is 25.4 Å². The number of fused-ring (bicyclic) bond motifs is 2. The second kappa shape index (κ2) is 6.87. The molecule has 5 nitrogen and oxygen atoms in total. The van der Waals surface area contributed by atoms with E-state index in [9.17, 15) is 4.79 Å². The summed E-state index contributed by atoms with van der Waals surface area (Å²) in [5, 5.41) is 1.93. The molecule has 4 rings (SSSR count). The van der Waals surface area contributed by atoms with Crippen molar-refractivity contribution in [3.63, 3.8) is 0 Å². The third-order valence-electron chi connectivity index (χ3n) is 4.76. The van der Waals surface area contributed by atoms with Gasteiger partial charge in [-0.25, -0.2) is 9.97 Å². The average molecular weight is 414 g/mol. The molecule has 0 aliphatic carbocycles. The first kappa shape index (κ1) is 18.9. The predicted molar refractivity (Wildman–Crippen MR) is 116 cm³/mol. The predicted octanol–water partition coefficient (Wildman–Crippen LogP) is 5.30. The van der Waals surface area contributed by atoms with Gasteiger partial charge in [0.2, 0.25) is 0 Å². The Morgan fingerprint density at radius 1 is 1.14 bits per heavy atom. The Balaban J connectivity index is 2.07. The highest BCUT2D eigenvalue weighted by atomic mass is 35.5. The maximum absolute atomic E-state index is 13.0. The lowest BCUT2D eigenvalue weighted by Crippen LogP contribution is -2.23. The Labute approximate surface area is 171 Å². The second-order valence-electron chi connectivity index (χ2n) is 7.17. The lowest BCUT2D eigenvalue weighted by atomic mass is 10.1. The van der Waals surface area contributed by atoms with E-state index in [1.807, 2.05) is 39.0 Å². The largest absolute Gasteiger partial charge is 0.497 e. The van der Waals surface area contributed by atoms with Crippen molar-refractivity contribution in [1.29, 1.82) is 0 Å². The molecule has 0 atom stereocenters. The van der Waals surface area contributed by atoms with Crippen LogP contribution in [0.4, 0.5) is 0 Å². The van der Waals surface area contributed by atoms with Crippen LogP contribution in [0, 0.1) is 6.92 Å². The van der Waals surface area contributed by atoms with Crippen molar-refractivity contribution >= 4 is 44.1 Å². The van der Waals surface area contributed by atoms with E-state index in [2.05, 4.69) is 0 Å². The SMILES string of the molecule is COc1cc(Cl)c2nc(-c3cc(C)cc4c(=O)n(C)c(C(C)C)nc34)sc2c1. The molecule has 2 aromatic carbocycles. The monoisotopic (exact) mass is 413 g/mol. The zero-order chi connectivity index (χ0) is 20.2. The molecule has 4 aromatic rings. The Bertz CT molecular complexity index is 1290. The van der Waals surface area contributed by atoms with Crippen molar-refractivity contribution in [3.05, 3.63) is 51.0 Å². The molecule has 0 unspecified atom stereocenters. The Kier molecular flexibility index (Phi) is 4.63. The quantitative estimate of drug-likeness (QED) is 0.457. The van der Waals surface area contributed by atoms with E-state index in [1.165, 1.54) is 11.3 Å². The minimum Gasteiger partial charge on any atom is -0.497 e. The van der Waals surface area contributed by atoms with Crippen LogP contribution in [0.3, 0.4) is 0 Å². The molecule has 0 amide bonds. The zero-order valence-electron chi connectivity index (χ0n) is 16.3. The molecule has 7 heteroatoms. The fraction of sp³-hybridized carbons (Fsp3) is 0.286. The molecule has 0 fully saturated rings. The number of ether oxygens (including phenoxy) is 1. The summed E-state index contributed by atoms with van der Waals surface area (Å²) in [7, 11) is 3.39. The van der Waals surface area contributed by atoms with Crippen molar-refractivity contribution in [2.24, 2.45) is 7.05 Å². The lowest BCUT2D eigenvalue weighted by Gasteiger charge is -2.14. The van der Waals surface area contributed by atoms with Crippen LogP contribution < -0.4 is 10.3 Å². The first-order valence-corrected chi connectivity index (χ1v) is 10.1. The highest BCUT2D eigenvalue weighted by Gasteiger charge is 2.18. The van der Waals surface area contributed by atoms with Crippen molar-refractivity contribution in [2.45, 2.75) is 26.7 Å². The fourth-order valence-corrected chi connectivity index (χ4v) is 4.76. The maximum atomic E-state index is 13.0. The van der Waals surface area contributed by atoms with Crippen LogP contribution in [0.1, 0.15) is 31.2 Å².